The Morgan fingerprint density at radius 3 is 2.36 bits per heavy atom. The molecule has 0 aliphatic rings. The maximum absolute atomic E-state index is 12.5. The molecule has 25 heavy (non-hydrogen) atoms. The van der Waals surface area contributed by atoms with Crippen LogP contribution in [0.2, 0.25) is 0 Å². The number of nitrogens with one attached hydrogen (secondary N) is 1. The first kappa shape index (κ1) is 20.8. The lowest BCUT2D eigenvalue weighted by atomic mass is 10.0. The molecule has 0 saturated heterocycles. The first-order valence-corrected chi connectivity index (χ1v) is 8.26. The highest BCUT2D eigenvalue weighted by Gasteiger charge is 2.14. The number of rotatable bonds is 6. The Morgan fingerprint density at radius 1 is 1.12 bits per heavy atom. The zero-order valence-electron chi connectivity index (χ0n) is 15.2. The third-order valence-corrected chi connectivity index (χ3v) is 3.82. The molecule has 2 aromatic rings. The molecule has 2 rings (SSSR count). The van der Waals surface area contributed by atoms with Crippen LogP contribution in [0.1, 0.15) is 48.3 Å². The van der Waals surface area contributed by atoms with Crippen LogP contribution < -0.4 is 15.8 Å². The largest absolute Gasteiger partial charge is 0.493 e. The molecule has 0 radical (unpaired) electrons. The summed E-state index contributed by atoms with van der Waals surface area (Å²) in [5.74, 6) is 1.22. The molecule has 0 heterocycles. The second-order valence-electron chi connectivity index (χ2n) is 6.54. The molecule has 0 spiro atoms. The van der Waals surface area contributed by atoms with Gasteiger partial charge < -0.3 is 15.8 Å². The summed E-state index contributed by atoms with van der Waals surface area (Å²) < 4.78 is 5.68. The number of anilines is 1. The molecule has 2 aromatic carbocycles. The summed E-state index contributed by atoms with van der Waals surface area (Å²) in [5, 5.41) is 3.01. The predicted molar refractivity (Wildman–Crippen MR) is 105 cm³/mol. The fourth-order valence-electron chi connectivity index (χ4n) is 2.36. The fraction of sp³-hybridized carbons (Fsp3) is 0.350. The number of hydrogen-bond donors (Lipinski definition) is 2. The molecule has 0 saturated carbocycles. The van der Waals surface area contributed by atoms with E-state index in [9.17, 15) is 4.79 Å². The van der Waals surface area contributed by atoms with Gasteiger partial charge in [-0.25, -0.2) is 0 Å². The lowest BCUT2D eigenvalue weighted by molar-refractivity contribution is 0.0939. The summed E-state index contributed by atoms with van der Waals surface area (Å²) in [6, 6.07) is 13.1. The average Bonchev–Trinajstić information content (AvgIpc) is 2.55. The van der Waals surface area contributed by atoms with Crippen LogP contribution in [0.25, 0.3) is 0 Å². The average molecular weight is 363 g/mol. The molecular formula is C20H27ClN2O2. The molecule has 136 valence electrons. The van der Waals surface area contributed by atoms with Crippen LogP contribution in [0, 0.1) is 12.8 Å². The van der Waals surface area contributed by atoms with Gasteiger partial charge in [-0.1, -0.05) is 32.0 Å². The lowest BCUT2D eigenvalue weighted by Crippen LogP contribution is -2.27. The topological polar surface area (TPSA) is 64.4 Å². The van der Waals surface area contributed by atoms with Crippen LogP contribution in [0.5, 0.6) is 5.75 Å². The molecule has 1 unspecified atom stereocenters. The molecule has 3 N–H and O–H groups in total. The van der Waals surface area contributed by atoms with E-state index < -0.39 is 0 Å². The van der Waals surface area contributed by atoms with E-state index in [1.54, 1.807) is 12.1 Å². The van der Waals surface area contributed by atoms with Crippen molar-refractivity contribution in [3.8, 4) is 5.75 Å². The van der Waals surface area contributed by atoms with Crippen molar-refractivity contribution in [3.05, 3.63) is 59.2 Å². The standard InChI is InChI=1S/C20H26N2O2.ClH/c1-13(2)12-24-18-9-6-16(7-10-18)15(4)22-20(23)19-11-17(21)8-5-14(19)3;/h5-11,13,15H,12,21H2,1-4H3,(H,22,23);1H. The summed E-state index contributed by atoms with van der Waals surface area (Å²) >= 11 is 0. The van der Waals surface area contributed by atoms with E-state index in [0.29, 0.717) is 23.8 Å². The van der Waals surface area contributed by atoms with Gasteiger partial charge in [-0.3, -0.25) is 4.79 Å². The number of carbonyl (C=O) groups excluding carboxylic acids is 1. The van der Waals surface area contributed by atoms with Gasteiger partial charge in [0.1, 0.15) is 5.75 Å². The summed E-state index contributed by atoms with van der Waals surface area (Å²) in [7, 11) is 0. The molecule has 0 aromatic heterocycles. The Kier molecular flexibility index (Phi) is 7.78. The summed E-state index contributed by atoms with van der Waals surface area (Å²) in [6.45, 7) is 8.79. The molecule has 4 nitrogen and oxygen atoms in total. The zero-order valence-corrected chi connectivity index (χ0v) is 16.0. The quantitative estimate of drug-likeness (QED) is 0.742. The van der Waals surface area contributed by atoms with Crippen molar-refractivity contribution in [1.82, 2.24) is 5.32 Å². The van der Waals surface area contributed by atoms with Gasteiger partial charge >= 0.3 is 0 Å². The highest BCUT2D eigenvalue weighted by atomic mass is 35.5. The van der Waals surface area contributed by atoms with Crippen molar-refractivity contribution in [2.75, 3.05) is 12.3 Å². The molecule has 1 atom stereocenters. The Labute approximate surface area is 156 Å². The van der Waals surface area contributed by atoms with Gasteiger partial charge in [-0.2, -0.15) is 0 Å². The van der Waals surface area contributed by atoms with Crippen molar-refractivity contribution in [3.63, 3.8) is 0 Å². The SMILES string of the molecule is Cc1ccc(N)cc1C(=O)NC(C)c1ccc(OCC(C)C)cc1.Cl. The van der Waals surface area contributed by atoms with Crippen LogP contribution in [-0.4, -0.2) is 12.5 Å². The van der Waals surface area contributed by atoms with E-state index in [4.69, 9.17) is 10.5 Å². The van der Waals surface area contributed by atoms with E-state index in [1.807, 2.05) is 44.2 Å². The van der Waals surface area contributed by atoms with Crippen LogP contribution in [-0.2, 0) is 0 Å². The first-order chi connectivity index (χ1) is 11.4. The first-order valence-electron chi connectivity index (χ1n) is 8.26. The van der Waals surface area contributed by atoms with E-state index in [-0.39, 0.29) is 24.4 Å². The van der Waals surface area contributed by atoms with E-state index in [0.717, 1.165) is 16.9 Å². The normalized spacial score (nSPS) is 11.6. The number of nitrogens with two attached hydrogens (primary N) is 1. The second kappa shape index (κ2) is 9.33. The monoisotopic (exact) mass is 362 g/mol. The number of halogens is 1. The van der Waals surface area contributed by atoms with E-state index in [1.165, 1.54) is 0 Å². The summed E-state index contributed by atoms with van der Waals surface area (Å²) in [4.78, 5) is 12.5. The van der Waals surface area contributed by atoms with Gasteiger partial charge in [0.15, 0.2) is 0 Å². The third kappa shape index (κ3) is 5.98. The van der Waals surface area contributed by atoms with Gasteiger partial charge in [0, 0.05) is 11.3 Å². The van der Waals surface area contributed by atoms with Gasteiger partial charge in [0.2, 0.25) is 0 Å². The number of nitrogen functional groups attached to an aromatic ring is 1. The van der Waals surface area contributed by atoms with Gasteiger partial charge in [-0.15, -0.1) is 12.4 Å². The highest BCUT2D eigenvalue weighted by Crippen LogP contribution is 2.19. The van der Waals surface area contributed by atoms with E-state index in [2.05, 4.69) is 19.2 Å². The third-order valence-electron chi connectivity index (χ3n) is 3.82. The number of aryl methyl sites for hydroxylation is 1. The van der Waals surface area contributed by atoms with Crippen molar-refractivity contribution < 1.29 is 9.53 Å². The summed E-state index contributed by atoms with van der Waals surface area (Å²) in [5.41, 5.74) is 8.92. The van der Waals surface area contributed by atoms with Crippen LogP contribution in [0.3, 0.4) is 0 Å². The van der Waals surface area contributed by atoms with Crippen molar-refractivity contribution in [1.29, 1.82) is 0 Å². The number of carbonyl (C=O) groups is 1. The molecule has 0 fully saturated rings. The number of benzene rings is 2. The fourth-order valence-corrected chi connectivity index (χ4v) is 2.36. The number of amides is 1. The van der Waals surface area contributed by atoms with Crippen molar-refractivity contribution >= 4 is 24.0 Å². The minimum atomic E-state index is -0.118. The predicted octanol–water partition coefficient (Wildman–Crippen LogP) is 4.52. The maximum Gasteiger partial charge on any atom is 0.252 e. The van der Waals surface area contributed by atoms with Gasteiger partial charge in [0.25, 0.3) is 5.91 Å². The Balaban J connectivity index is 0.00000312. The minimum Gasteiger partial charge on any atom is -0.493 e. The number of ether oxygens (including phenoxy) is 1. The molecule has 0 aliphatic heterocycles. The van der Waals surface area contributed by atoms with Crippen LogP contribution in [0.4, 0.5) is 5.69 Å². The minimum absolute atomic E-state index is 0. The lowest BCUT2D eigenvalue weighted by Gasteiger charge is -2.16. The second-order valence-corrected chi connectivity index (χ2v) is 6.54. The van der Waals surface area contributed by atoms with Gasteiger partial charge in [-0.05, 0) is 55.2 Å². The molecule has 1 amide bonds. The molecule has 0 aliphatic carbocycles. The Bertz CT molecular complexity index is 699. The van der Waals surface area contributed by atoms with Crippen molar-refractivity contribution in [2.45, 2.75) is 33.7 Å². The number of hydrogen-bond acceptors (Lipinski definition) is 3. The molecule has 0 bridgehead atoms. The molecular weight excluding hydrogens is 336 g/mol. The van der Waals surface area contributed by atoms with Crippen LogP contribution >= 0.6 is 12.4 Å². The maximum atomic E-state index is 12.5. The van der Waals surface area contributed by atoms with E-state index >= 15 is 0 Å². The molecule has 5 heteroatoms. The van der Waals surface area contributed by atoms with Gasteiger partial charge in [0.05, 0.1) is 12.6 Å². The highest BCUT2D eigenvalue weighted by molar-refractivity contribution is 5.96. The summed E-state index contributed by atoms with van der Waals surface area (Å²) in [6.07, 6.45) is 0. The Hall–Kier alpha value is -2.20. The Morgan fingerprint density at radius 2 is 1.76 bits per heavy atom. The van der Waals surface area contributed by atoms with Crippen molar-refractivity contribution in [2.24, 2.45) is 5.92 Å². The smallest absolute Gasteiger partial charge is 0.252 e. The zero-order chi connectivity index (χ0) is 17.7. The van der Waals surface area contributed by atoms with Crippen LogP contribution in [0.15, 0.2) is 42.5 Å².